The van der Waals surface area contributed by atoms with Gasteiger partial charge in [-0.05, 0) is 65.5 Å². The number of carbonyl (C=O) groups excluding carboxylic acids is 1. The van der Waals surface area contributed by atoms with E-state index in [-0.39, 0.29) is 18.6 Å². The molecule has 25 heavy (non-hydrogen) atoms. The molecule has 0 aromatic heterocycles. The first kappa shape index (κ1) is 19.3. The minimum Gasteiger partial charge on any atom is -0.491 e. The molecule has 0 saturated heterocycles. The van der Waals surface area contributed by atoms with Crippen LogP contribution in [0.1, 0.15) is 25.0 Å². The minimum absolute atomic E-state index is 0.0290. The first-order valence-electron chi connectivity index (χ1n) is 8.38. The number of hydrogen-bond acceptors (Lipinski definition) is 3. The lowest BCUT2D eigenvalue weighted by Crippen LogP contribution is -2.39. The van der Waals surface area contributed by atoms with Gasteiger partial charge < -0.3 is 14.8 Å². The van der Waals surface area contributed by atoms with Crippen LogP contribution in [0.4, 0.5) is 0 Å². The quantitative estimate of drug-likeness (QED) is 0.712. The van der Waals surface area contributed by atoms with Crippen LogP contribution in [0.15, 0.2) is 46.9 Å². The average molecular weight is 406 g/mol. The average Bonchev–Trinajstić information content (AvgIpc) is 2.60. The SMILES string of the molecule is CCc1ccc(OCC(=O)NC(C)COc2ccccc2C)c(Br)c1. The fraction of sp³-hybridized carbons (Fsp3) is 0.350. The lowest BCUT2D eigenvalue weighted by atomic mass is 10.2. The van der Waals surface area contributed by atoms with E-state index in [1.165, 1.54) is 5.56 Å². The van der Waals surface area contributed by atoms with Crippen molar-refractivity contribution in [1.29, 1.82) is 0 Å². The van der Waals surface area contributed by atoms with Crippen molar-refractivity contribution >= 4 is 21.8 Å². The lowest BCUT2D eigenvalue weighted by Gasteiger charge is -2.16. The number of rotatable bonds is 8. The zero-order chi connectivity index (χ0) is 18.2. The van der Waals surface area contributed by atoms with Gasteiger partial charge in [0.2, 0.25) is 0 Å². The van der Waals surface area contributed by atoms with E-state index in [0.29, 0.717) is 12.4 Å². The smallest absolute Gasteiger partial charge is 0.258 e. The molecule has 0 aliphatic rings. The summed E-state index contributed by atoms with van der Waals surface area (Å²) < 4.78 is 12.2. The molecule has 1 N–H and O–H groups in total. The van der Waals surface area contributed by atoms with Crippen molar-refractivity contribution < 1.29 is 14.3 Å². The van der Waals surface area contributed by atoms with Crippen LogP contribution in [0, 0.1) is 6.92 Å². The minimum atomic E-state index is -0.174. The third-order valence-corrected chi connectivity index (χ3v) is 4.37. The number of para-hydroxylation sites is 1. The maximum absolute atomic E-state index is 12.0. The number of nitrogens with one attached hydrogen (secondary N) is 1. The van der Waals surface area contributed by atoms with E-state index in [1.54, 1.807) is 0 Å². The number of benzene rings is 2. The Hall–Kier alpha value is -2.01. The van der Waals surface area contributed by atoms with Crippen LogP contribution < -0.4 is 14.8 Å². The van der Waals surface area contributed by atoms with Crippen LogP contribution in [0.2, 0.25) is 0 Å². The molecule has 0 aliphatic heterocycles. The van der Waals surface area contributed by atoms with E-state index in [9.17, 15) is 4.79 Å². The molecule has 5 heteroatoms. The summed E-state index contributed by atoms with van der Waals surface area (Å²) >= 11 is 3.47. The van der Waals surface area contributed by atoms with Crippen molar-refractivity contribution in [3.63, 3.8) is 0 Å². The van der Waals surface area contributed by atoms with E-state index >= 15 is 0 Å². The number of amides is 1. The van der Waals surface area contributed by atoms with Crippen molar-refractivity contribution in [2.75, 3.05) is 13.2 Å². The first-order chi connectivity index (χ1) is 12.0. The van der Waals surface area contributed by atoms with Crippen molar-refractivity contribution in [3.05, 3.63) is 58.1 Å². The summed E-state index contributed by atoms with van der Waals surface area (Å²) in [5.41, 5.74) is 2.29. The van der Waals surface area contributed by atoms with E-state index in [0.717, 1.165) is 22.2 Å². The van der Waals surface area contributed by atoms with Gasteiger partial charge in [0.1, 0.15) is 18.1 Å². The molecule has 4 nitrogen and oxygen atoms in total. The number of aryl methyl sites for hydroxylation is 2. The van der Waals surface area contributed by atoms with Gasteiger partial charge in [-0.2, -0.15) is 0 Å². The summed E-state index contributed by atoms with van der Waals surface area (Å²) in [5.74, 6) is 1.32. The van der Waals surface area contributed by atoms with E-state index in [4.69, 9.17) is 9.47 Å². The Kier molecular flexibility index (Phi) is 7.31. The molecule has 0 radical (unpaired) electrons. The van der Waals surface area contributed by atoms with E-state index in [1.807, 2.05) is 56.3 Å². The molecule has 1 atom stereocenters. The van der Waals surface area contributed by atoms with Gasteiger partial charge in [-0.15, -0.1) is 0 Å². The van der Waals surface area contributed by atoms with Crippen molar-refractivity contribution in [3.8, 4) is 11.5 Å². The zero-order valence-corrected chi connectivity index (χ0v) is 16.4. The van der Waals surface area contributed by atoms with Gasteiger partial charge in [0.25, 0.3) is 5.91 Å². The summed E-state index contributed by atoms with van der Waals surface area (Å²) in [6.45, 7) is 6.37. The Bertz CT molecular complexity index is 718. The molecule has 0 spiro atoms. The fourth-order valence-electron chi connectivity index (χ4n) is 2.32. The summed E-state index contributed by atoms with van der Waals surface area (Å²) in [6.07, 6.45) is 0.956. The highest BCUT2D eigenvalue weighted by molar-refractivity contribution is 9.10. The normalized spacial score (nSPS) is 11.7. The molecule has 1 unspecified atom stereocenters. The molecule has 1 amide bonds. The third kappa shape index (κ3) is 6.09. The molecule has 0 fully saturated rings. The van der Waals surface area contributed by atoms with Crippen LogP contribution in [0.3, 0.4) is 0 Å². The molecular formula is C20H24BrNO3. The zero-order valence-electron chi connectivity index (χ0n) is 14.8. The summed E-state index contributed by atoms with van der Waals surface area (Å²) in [7, 11) is 0. The summed E-state index contributed by atoms with van der Waals surface area (Å²) in [6, 6.07) is 13.6. The second-order valence-corrected chi connectivity index (χ2v) is 6.81. The number of hydrogen-bond donors (Lipinski definition) is 1. The molecule has 0 saturated carbocycles. The maximum Gasteiger partial charge on any atom is 0.258 e. The lowest BCUT2D eigenvalue weighted by molar-refractivity contribution is -0.123. The van der Waals surface area contributed by atoms with E-state index < -0.39 is 0 Å². The summed E-state index contributed by atoms with van der Waals surface area (Å²) in [5, 5.41) is 2.88. The first-order valence-corrected chi connectivity index (χ1v) is 9.18. The molecule has 2 aromatic carbocycles. The Morgan fingerprint density at radius 3 is 2.60 bits per heavy atom. The molecule has 0 heterocycles. The van der Waals surface area contributed by atoms with Crippen molar-refractivity contribution in [2.24, 2.45) is 0 Å². The molecule has 0 aliphatic carbocycles. The van der Waals surface area contributed by atoms with Crippen LogP contribution in [-0.2, 0) is 11.2 Å². The van der Waals surface area contributed by atoms with E-state index in [2.05, 4.69) is 28.2 Å². The molecule has 2 aromatic rings. The predicted molar refractivity (Wildman–Crippen MR) is 103 cm³/mol. The van der Waals surface area contributed by atoms with Gasteiger partial charge in [0, 0.05) is 0 Å². The van der Waals surface area contributed by atoms with Crippen molar-refractivity contribution in [2.45, 2.75) is 33.2 Å². The van der Waals surface area contributed by atoms with Crippen molar-refractivity contribution in [1.82, 2.24) is 5.32 Å². The van der Waals surface area contributed by atoms with Gasteiger partial charge in [-0.1, -0.05) is 31.2 Å². The fourth-order valence-corrected chi connectivity index (χ4v) is 2.86. The standard InChI is InChI=1S/C20H24BrNO3/c1-4-16-9-10-19(17(21)11-16)25-13-20(23)22-15(3)12-24-18-8-6-5-7-14(18)2/h5-11,15H,4,12-13H2,1-3H3,(H,22,23). The molecule has 0 bridgehead atoms. The highest BCUT2D eigenvalue weighted by Crippen LogP contribution is 2.26. The Morgan fingerprint density at radius 1 is 1.16 bits per heavy atom. The Balaban J connectivity index is 1.77. The molecule has 134 valence electrons. The van der Waals surface area contributed by atoms with Crippen LogP contribution >= 0.6 is 15.9 Å². The number of ether oxygens (including phenoxy) is 2. The Labute approximate surface area is 157 Å². The van der Waals surface area contributed by atoms with Crippen LogP contribution in [0.5, 0.6) is 11.5 Å². The van der Waals surface area contributed by atoms with Gasteiger partial charge in [0.05, 0.1) is 10.5 Å². The van der Waals surface area contributed by atoms with Gasteiger partial charge in [0.15, 0.2) is 6.61 Å². The second kappa shape index (κ2) is 9.47. The Morgan fingerprint density at radius 2 is 1.92 bits per heavy atom. The van der Waals surface area contributed by atoms with Crippen LogP contribution in [0.25, 0.3) is 0 Å². The van der Waals surface area contributed by atoms with Gasteiger partial charge in [-0.25, -0.2) is 0 Å². The topological polar surface area (TPSA) is 47.6 Å². The van der Waals surface area contributed by atoms with Crippen LogP contribution in [-0.4, -0.2) is 25.2 Å². The third-order valence-electron chi connectivity index (χ3n) is 3.75. The maximum atomic E-state index is 12.0. The predicted octanol–water partition coefficient (Wildman–Crippen LogP) is 4.28. The highest BCUT2D eigenvalue weighted by Gasteiger charge is 2.11. The second-order valence-electron chi connectivity index (χ2n) is 5.95. The number of halogens is 1. The summed E-state index contributed by atoms with van der Waals surface area (Å²) in [4.78, 5) is 12.0. The monoisotopic (exact) mass is 405 g/mol. The molecular weight excluding hydrogens is 382 g/mol. The molecule has 2 rings (SSSR count). The largest absolute Gasteiger partial charge is 0.491 e. The highest BCUT2D eigenvalue weighted by atomic mass is 79.9. The van der Waals surface area contributed by atoms with Gasteiger partial charge in [-0.3, -0.25) is 4.79 Å². The van der Waals surface area contributed by atoms with Gasteiger partial charge >= 0.3 is 0 Å². The number of carbonyl (C=O) groups is 1.